The van der Waals surface area contributed by atoms with Crippen molar-refractivity contribution in [1.29, 1.82) is 0 Å². The first kappa shape index (κ1) is 10.6. The van der Waals surface area contributed by atoms with Crippen molar-refractivity contribution in [2.75, 3.05) is 0 Å². The van der Waals surface area contributed by atoms with Crippen LogP contribution in [0.25, 0.3) is 0 Å². The molecule has 0 aliphatic rings. The van der Waals surface area contributed by atoms with Crippen molar-refractivity contribution >= 4 is 0 Å². The second kappa shape index (κ2) is 8.10. The van der Waals surface area contributed by atoms with Crippen molar-refractivity contribution in [2.45, 2.75) is 0 Å². The summed E-state index contributed by atoms with van der Waals surface area (Å²) < 4.78 is 8.69. The largest absolute Gasteiger partial charge is 0.452 e. The number of H-pyrrole nitrogens is 1. The van der Waals surface area contributed by atoms with Gasteiger partial charge in [0, 0.05) is 5.27 Å². The molecular weight excluding hydrogens is 200 g/mol. The fourth-order valence-electron chi connectivity index (χ4n) is 0.478. The lowest BCUT2D eigenvalue weighted by molar-refractivity contribution is 0.393. The second-order valence-corrected chi connectivity index (χ2v) is 1.92. The number of oxazole rings is 1. The molecule has 0 bridgehead atoms. The summed E-state index contributed by atoms with van der Waals surface area (Å²) in [6.45, 7) is 0. The first-order valence-electron chi connectivity index (χ1n) is 3.83. The topological polar surface area (TPSA) is 107 Å². The van der Waals surface area contributed by atoms with Gasteiger partial charge < -0.3 is 8.94 Å². The highest BCUT2D eigenvalue weighted by Crippen LogP contribution is 1.72. The first-order chi connectivity index (χ1) is 7.50. The van der Waals surface area contributed by atoms with Crippen LogP contribution in [-0.2, 0) is 0 Å². The number of aromatic amines is 1. The van der Waals surface area contributed by atoms with Crippen molar-refractivity contribution in [3.8, 4) is 0 Å². The summed E-state index contributed by atoms with van der Waals surface area (Å²) in [4.78, 5) is 3.56. The van der Waals surface area contributed by atoms with Crippen LogP contribution < -0.4 is 0 Å². The minimum Gasteiger partial charge on any atom is -0.452 e. The predicted octanol–water partition coefficient (Wildman–Crippen LogP) is 0.549. The molecular formula is C7H8N6O2. The fraction of sp³-hybridized carbons (Fsp3) is 0. The lowest BCUT2D eigenvalue weighted by atomic mass is 11.0. The maximum absolute atomic E-state index is 4.47. The molecule has 15 heavy (non-hydrogen) atoms. The highest BCUT2D eigenvalue weighted by atomic mass is 16.5. The molecule has 3 rings (SSSR count). The van der Waals surface area contributed by atoms with Gasteiger partial charge in [-0.15, -0.1) is 5.10 Å². The molecule has 3 heterocycles. The smallest absolute Gasteiger partial charge is 0.180 e. The normalized spacial score (nSPS) is 8.00. The number of rotatable bonds is 0. The van der Waals surface area contributed by atoms with Gasteiger partial charge in [-0.2, -0.15) is 15.4 Å². The molecule has 0 amide bonds. The SMILES string of the molecule is c1cn[nH]n1.c1cocn1.c1conn1. The monoisotopic (exact) mass is 208 g/mol. The molecule has 0 aliphatic carbocycles. The molecule has 0 unspecified atom stereocenters. The highest BCUT2D eigenvalue weighted by Gasteiger charge is 1.61. The van der Waals surface area contributed by atoms with Gasteiger partial charge in [0.15, 0.2) is 6.39 Å². The maximum atomic E-state index is 4.47. The number of hydrogen-bond acceptors (Lipinski definition) is 7. The van der Waals surface area contributed by atoms with Crippen LogP contribution >= 0.6 is 0 Å². The summed E-state index contributed by atoms with van der Waals surface area (Å²) in [5, 5.41) is 15.7. The van der Waals surface area contributed by atoms with Crippen molar-refractivity contribution < 1.29 is 8.94 Å². The second-order valence-electron chi connectivity index (χ2n) is 1.92. The molecule has 0 fully saturated rings. The van der Waals surface area contributed by atoms with Crippen LogP contribution in [0.1, 0.15) is 0 Å². The van der Waals surface area contributed by atoms with Gasteiger partial charge >= 0.3 is 0 Å². The van der Waals surface area contributed by atoms with E-state index in [4.69, 9.17) is 0 Å². The molecule has 8 heteroatoms. The predicted molar refractivity (Wildman–Crippen MR) is 47.2 cm³/mol. The Balaban J connectivity index is 0.000000112. The van der Waals surface area contributed by atoms with E-state index in [1.54, 1.807) is 18.6 Å². The van der Waals surface area contributed by atoms with E-state index >= 15 is 0 Å². The number of hydrogen-bond donors (Lipinski definition) is 1. The van der Waals surface area contributed by atoms with Gasteiger partial charge in [0.2, 0.25) is 0 Å². The molecule has 1 N–H and O–H groups in total. The van der Waals surface area contributed by atoms with Gasteiger partial charge in [-0.3, -0.25) is 0 Å². The molecule has 78 valence electrons. The summed E-state index contributed by atoms with van der Waals surface area (Å²) in [5.74, 6) is 0. The number of nitrogens with zero attached hydrogens (tertiary/aromatic N) is 5. The van der Waals surface area contributed by atoms with Crippen LogP contribution in [0.2, 0.25) is 0 Å². The summed E-state index contributed by atoms with van der Waals surface area (Å²) in [5.41, 5.74) is 0. The van der Waals surface area contributed by atoms with E-state index in [0.29, 0.717) is 0 Å². The van der Waals surface area contributed by atoms with E-state index in [9.17, 15) is 0 Å². The minimum atomic E-state index is 1.38. The summed E-state index contributed by atoms with van der Waals surface area (Å²) in [6, 6.07) is 0. The van der Waals surface area contributed by atoms with E-state index in [2.05, 4.69) is 39.7 Å². The average molecular weight is 208 g/mol. The quantitative estimate of drug-likeness (QED) is 0.574. The van der Waals surface area contributed by atoms with Gasteiger partial charge in [-0.1, -0.05) is 0 Å². The number of aromatic nitrogens is 6. The zero-order valence-corrected chi connectivity index (χ0v) is 7.59. The highest BCUT2D eigenvalue weighted by molar-refractivity contribution is 4.56. The van der Waals surface area contributed by atoms with Crippen molar-refractivity contribution in [3.05, 3.63) is 43.7 Å². The lowest BCUT2D eigenvalue weighted by Crippen LogP contribution is -1.61. The molecule has 0 aliphatic heterocycles. The fourth-order valence-corrected chi connectivity index (χ4v) is 0.478. The van der Waals surface area contributed by atoms with Gasteiger partial charge in [0.1, 0.15) is 12.5 Å². The van der Waals surface area contributed by atoms with Crippen LogP contribution in [0.15, 0.2) is 52.6 Å². The van der Waals surface area contributed by atoms with E-state index in [0.717, 1.165) is 0 Å². The molecule has 8 nitrogen and oxygen atoms in total. The van der Waals surface area contributed by atoms with Crippen LogP contribution in [0, 0.1) is 0 Å². The number of nitrogens with one attached hydrogen (secondary N) is 1. The van der Waals surface area contributed by atoms with Gasteiger partial charge in [0.05, 0.1) is 24.8 Å². The van der Waals surface area contributed by atoms with E-state index < -0.39 is 0 Å². The summed E-state index contributed by atoms with van der Waals surface area (Å²) >= 11 is 0. The van der Waals surface area contributed by atoms with Crippen LogP contribution in [0.5, 0.6) is 0 Å². The standard InChI is InChI=1S/C3H3NO.C2H3N3.C2H2N2O/c1-2-5-3-4-1;1-2-4-5-3-1;1-2-5-4-3-1/h1-3H;1-2H,(H,3,4,5);1-2H. The van der Waals surface area contributed by atoms with Gasteiger partial charge in [-0.05, 0) is 0 Å². The molecule has 0 saturated heterocycles. The molecule has 0 atom stereocenters. The molecule has 3 aromatic heterocycles. The van der Waals surface area contributed by atoms with Gasteiger partial charge in [-0.25, -0.2) is 4.98 Å². The Hall–Kier alpha value is -2.51. The zero-order valence-electron chi connectivity index (χ0n) is 7.59. The van der Waals surface area contributed by atoms with Crippen LogP contribution in [0.3, 0.4) is 0 Å². The summed E-state index contributed by atoms with van der Waals surface area (Å²) in [7, 11) is 0. The third-order valence-corrected chi connectivity index (χ3v) is 0.961. The van der Waals surface area contributed by atoms with Crippen molar-refractivity contribution in [3.63, 3.8) is 0 Å². The van der Waals surface area contributed by atoms with Crippen molar-refractivity contribution in [2.24, 2.45) is 0 Å². The third-order valence-electron chi connectivity index (χ3n) is 0.961. The van der Waals surface area contributed by atoms with Crippen molar-refractivity contribution in [1.82, 2.24) is 30.8 Å². The zero-order chi connectivity index (χ0) is 10.6. The van der Waals surface area contributed by atoms with Gasteiger partial charge in [0.25, 0.3) is 0 Å². The molecule has 0 radical (unpaired) electrons. The van der Waals surface area contributed by atoms with E-state index in [1.807, 2.05) is 0 Å². The first-order valence-corrected chi connectivity index (χ1v) is 3.83. The van der Waals surface area contributed by atoms with Crippen LogP contribution in [-0.4, -0.2) is 30.8 Å². The van der Waals surface area contributed by atoms with E-state index in [1.165, 1.54) is 25.1 Å². The Bertz CT molecular complexity index is 253. The molecule has 0 saturated carbocycles. The molecule has 3 aromatic rings. The minimum absolute atomic E-state index is 1.38. The maximum Gasteiger partial charge on any atom is 0.180 e. The van der Waals surface area contributed by atoms with Crippen LogP contribution in [0.4, 0.5) is 0 Å². The third kappa shape index (κ3) is 6.63. The molecule has 0 spiro atoms. The Morgan fingerprint density at radius 2 is 1.80 bits per heavy atom. The Kier molecular flexibility index (Phi) is 5.71. The Morgan fingerprint density at radius 1 is 0.933 bits per heavy atom. The van der Waals surface area contributed by atoms with E-state index in [-0.39, 0.29) is 0 Å². The lowest BCUT2D eigenvalue weighted by Gasteiger charge is -1.48. The Morgan fingerprint density at radius 3 is 2.00 bits per heavy atom. The average Bonchev–Trinajstić information content (AvgIpc) is 3.09. The molecule has 0 aromatic carbocycles. The Labute approximate surface area is 84.3 Å². The summed E-state index contributed by atoms with van der Waals surface area (Å²) in [6.07, 6.45) is 10.5.